The van der Waals surface area contributed by atoms with E-state index in [0.29, 0.717) is 19.0 Å². The zero-order valence-corrected chi connectivity index (χ0v) is 18.3. The van der Waals surface area contributed by atoms with Crippen molar-refractivity contribution in [3.63, 3.8) is 0 Å². The first kappa shape index (κ1) is 21.8. The number of rotatable bonds is 6. The molecule has 166 valence electrons. The summed E-state index contributed by atoms with van der Waals surface area (Å²) in [6.45, 7) is 4.18. The highest BCUT2D eigenvalue weighted by Gasteiger charge is 2.19. The first-order valence-electron chi connectivity index (χ1n) is 11.2. The minimum atomic E-state index is -0.295. The highest BCUT2D eigenvalue weighted by atomic mass is 16.2. The van der Waals surface area contributed by atoms with E-state index < -0.39 is 0 Å². The summed E-state index contributed by atoms with van der Waals surface area (Å²) < 4.78 is 0. The van der Waals surface area contributed by atoms with Crippen molar-refractivity contribution in [1.29, 1.82) is 0 Å². The molecule has 0 radical (unpaired) electrons. The van der Waals surface area contributed by atoms with Gasteiger partial charge in [-0.1, -0.05) is 72.8 Å². The number of fused-ring (bicyclic) bond motifs is 1. The predicted molar refractivity (Wildman–Crippen MR) is 130 cm³/mol. The van der Waals surface area contributed by atoms with Crippen molar-refractivity contribution in [3.05, 3.63) is 83.9 Å². The van der Waals surface area contributed by atoms with Gasteiger partial charge in [0.1, 0.15) is 0 Å². The number of guanidine groups is 1. The Morgan fingerprint density at radius 1 is 0.969 bits per heavy atom. The van der Waals surface area contributed by atoms with Crippen LogP contribution in [-0.4, -0.2) is 36.5 Å². The second kappa shape index (κ2) is 10.8. The lowest BCUT2D eigenvalue weighted by atomic mass is 9.96. The topological polar surface area (TPSA) is 82.7 Å². The number of nitrogens with one attached hydrogen (secondary N) is 2. The number of carbonyl (C=O) groups is 1. The fourth-order valence-electron chi connectivity index (χ4n) is 4.23. The molecule has 2 amide bonds. The van der Waals surface area contributed by atoms with Gasteiger partial charge in [0, 0.05) is 13.1 Å². The molecule has 0 unspecified atom stereocenters. The van der Waals surface area contributed by atoms with Gasteiger partial charge in [-0.25, -0.2) is 9.79 Å². The van der Waals surface area contributed by atoms with Crippen LogP contribution in [-0.2, 0) is 13.1 Å². The lowest BCUT2D eigenvalue weighted by molar-refractivity contribution is 0.175. The Morgan fingerprint density at radius 3 is 2.50 bits per heavy atom. The number of nitrogens with zero attached hydrogens (tertiary/aromatic N) is 2. The Balaban J connectivity index is 1.19. The van der Waals surface area contributed by atoms with E-state index in [1.54, 1.807) is 0 Å². The Labute approximate surface area is 189 Å². The van der Waals surface area contributed by atoms with Crippen LogP contribution in [0.25, 0.3) is 10.8 Å². The molecule has 1 heterocycles. The molecule has 0 spiro atoms. The summed E-state index contributed by atoms with van der Waals surface area (Å²) in [4.78, 5) is 19.1. The van der Waals surface area contributed by atoms with Crippen LogP contribution in [0.1, 0.15) is 24.0 Å². The number of hydrogen-bond donors (Lipinski definition) is 3. The van der Waals surface area contributed by atoms with Gasteiger partial charge in [-0.2, -0.15) is 0 Å². The molecule has 4 rings (SSSR count). The lowest BCUT2D eigenvalue weighted by Gasteiger charge is -2.32. The molecule has 0 bridgehead atoms. The van der Waals surface area contributed by atoms with Crippen molar-refractivity contribution in [3.8, 4) is 0 Å². The number of piperidine rings is 1. The average molecular weight is 430 g/mol. The second-order valence-corrected chi connectivity index (χ2v) is 8.38. The van der Waals surface area contributed by atoms with Gasteiger partial charge in [0.25, 0.3) is 0 Å². The Bertz CT molecular complexity index is 1050. The smallest absolute Gasteiger partial charge is 0.321 e. The Morgan fingerprint density at radius 2 is 1.69 bits per heavy atom. The molecule has 0 atom stereocenters. The van der Waals surface area contributed by atoms with Crippen LogP contribution in [0.5, 0.6) is 0 Å². The molecule has 0 saturated carbocycles. The van der Waals surface area contributed by atoms with Gasteiger partial charge < -0.3 is 11.1 Å². The van der Waals surface area contributed by atoms with Crippen molar-refractivity contribution >= 4 is 22.8 Å². The number of amides is 2. The van der Waals surface area contributed by atoms with Gasteiger partial charge in [0.15, 0.2) is 5.96 Å². The van der Waals surface area contributed by atoms with Crippen LogP contribution in [0.4, 0.5) is 4.79 Å². The maximum absolute atomic E-state index is 12.2. The molecule has 32 heavy (non-hydrogen) atoms. The van der Waals surface area contributed by atoms with Gasteiger partial charge in [-0.3, -0.25) is 10.2 Å². The van der Waals surface area contributed by atoms with Crippen molar-refractivity contribution < 1.29 is 4.79 Å². The molecule has 6 nitrogen and oxygen atoms in total. The Kier molecular flexibility index (Phi) is 7.35. The Hall–Kier alpha value is -3.38. The van der Waals surface area contributed by atoms with E-state index in [4.69, 9.17) is 5.73 Å². The second-order valence-electron chi connectivity index (χ2n) is 8.38. The quantitative estimate of drug-likeness (QED) is 0.411. The summed E-state index contributed by atoms with van der Waals surface area (Å²) in [6, 6.07) is 24.5. The highest BCUT2D eigenvalue weighted by molar-refractivity contribution is 5.95. The summed E-state index contributed by atoms with van der Waals surface area (Å²) in [7, 11) is 0. The number of urea groups is 1. The van der Waals surface area contributed by atoms with Crippen molar-refractivity contribution in [1.82, 2.24) is 15.5 Å². The maximum atomic E-state index is 12.2. The molecule has 4 N–H and O–H groups in total. The molecular formula is C26H31N5O. The maximum Gasteiger partial charge on any atom is 0.321 e. The van der Waals surface area contributed by atoms with E-state index in [2.05, 4.69) is 63.0 Å². The van der Waals surface area contributed by atoms with Crippen molar-refractivity contribution in [2.45, 2.75) is 25.9 Å². The minimum Gasteiger partial charge on any atom is -0.370 e. The molecule has 1 fully saturated rings. The number of aliphatic imine (C=N–C) groups is 1. The van der Waals surface area contributed by atoms with Crippen LogP contribution in [0, 0.1) is 5.92 Å². The fraction of sp³-hybridized carbons (Fsp3) is 0.308. The zero-order chi connectivity index (χ0) is 22.2. The summed E-state index contributed by atoms with van der Waals surface area (Å²) in [6.07, 6.45) is 2.16. The largest absolute Gasteiger partial charge is 0.370 e. The van der Waals surface area contributed by atoms with Crippen LogP contribution in [0.15, 0.2) is 77.8 Å². The third kappa shape index (κ3) is 6.08. The standard InChI is InChI=1S/C26H31N5O/c27-25(28-18-23-11-6-10-22-9-4-5-12-24(22)23)30-26(32)29-17-20-13-15-31(16-14-20)19-21-7-2-1-3-8-21/h1-12,20H,13-19H2,(H4,27,28,29,30,32). The first-order valence-corrected chi connectivity index (χ1v) is 11.2. The van der Waals surface area contributed by atoms with E-state index in [1.807, 2.05) is 30.3 Å². The third-order valence-electron chi connectivity index (χ3n) is 6.05. The number of carbonyl (C=O) groups excluding carboxylic acids is 1. The molecule has 1 aliphatic heterocycles. The van der Waals surface area contributed by atoms with Gasteiger partial charge in [-0.15, -0.1) is 0 Å². The molecule has 6 heteroatoms. The fourth-order valence-corrected chi connectivity index (χ4v) is 4.23. The SMILES string of the molecule is NC(=NCc1cccc2ccccc12)NC(=O)NCC1CCN(Cc2ccccc2)CC1. The van der Waals surface area contributed by atoms with Crippen LogP contribution in [0.2, 0.25) is 0 Å². The van der Waals surface area contributed by atoms with Crippen LogP contribution in [0.3, 0.4) is 0 Å². The summed E-state index contributed by atoms with van der Waals surface area (Å²) in [5, 5.41) is 7.91. The molecule has 3 aromatic rings. The molecule has 0 aromatic heterocycles. The molecule has 0 aliphatic carbocycles. The van der Waals surface area contributed by atoms with Crippen molar-refractivity contribution in [2.75, 3.05) is 19.6 Å². The van der Waals surface area contributed by atoms with Gasteiger partial charge in [0.05, 0.1) is 6.54 Å². The summed E-state index contributed by atoms with van der Waals surface area (Å²) >= 11 is 0. The molecule has 1 aliphatic rings. The lowest BCUT2D eigenvalue weighted by Crippen LogP contribution is -2.46. The van der Waals surface area contributed by atoms with Gasteiger partial charge >= 0.3 is 6.03 Å². The normalized spacial score (nSPS) is 15.6. The summed E-state index contributed by atoms with van der Waals surface area (Å²) in [5.41, 5.74) is 8.37. The van der Waals surface area contributed by atoms with Crippen molar-refractivity contribution in [2.24, 2.45) is 16.6 Å². The monoisotopic (exact) mass is 429 g/mol. The number of nitrogens with two attached hydrogens (primary N) is 1. The number of likely N-dealkylation sites (tertiary alicyclic amines) is 1. The third-order valence-corrected chi connectivity index (χ3v) is 6.05. The molecule has 1 saturated heterocycles. The number of hydrogen-bond acceptors (Lipinski definition) is 3. The molecular weight excluding hydrogens is 398 g/mol. The van der Waals surface area contributed by atoms with Crippen LogP contribution < -0.4 is 16.4 Å². The highest BCUT2D eigenvalue weighted by Crippen LogP contribution is 2.19. The van der Waals surface area contributed by atoms with E-state index >= 15 is 0 Å². The van der Waals surface area contributed by atoms with E-state index in [0.717, 1.165) is 43.4 Å². The number of benzene rings is 3. The van der Waals surface area contributed by atoms with E-state index in [9.17, 15) is 4.79 Å². The predicted octanol–water partition coefficient (Wildman–Crippen LogP) is 3.87. The average Bonchev–Trinajstić information content (AvgIpc) is 2.83. The van der Waals surface area contributed by atoms with Gasteiger partial charge in [0.2, 0.25) is 0 Å². The van der Waals surface area contributed by atoms with Crippen LogP contribution >= 0.6 is 0 Å². The zero-order valence-electron chi connectivity index (χ0n) is 18.3. The van der Waals surface area contributed by atoms with E-state index in [-0.39, 0.29) is 12.0 Å². The first-order chi connectivity index (χ1) is 15.7. The summed E-state index contributed by atoms with van der Waals surface area (Å²) in [5.74, 6) is 0.620. The van der Waals surface area contributed by atoms with E-state index in [1.165, 1.54) is 10.9 Å². The minimum absolute atomic E-state index is 0.133. The van der Waals surface area contributed by atoms with Gasteiger partial charge in [-0.05, 0) is 53.7 Å². The molecule has 3 aromatic carbocycles.